The molecule has 0 heterocycles. The fourth-order valence-electron chi connectivity index (χ4n) is 2.26. The molecule has 2 heteroatoms. The summed E-state index contributed by atoms with van der Waals surface area (Å²) in [4.78, 5) is 1.57. The highest BCUT2D eigenvalue weighted by Crippen LogP contribution is 1.98. The third kappa shape index (κ3) is 3.99. The standard InChI is InChI=1S/C16H20N2/c17-11-12-18(13-15-7-3-1-4-8-15)14-16-9-5-2-6-10-16/h1-10H,11-14,17H2/p+2. The van der Waals surface area contributed by atoms with Crippen molar-refractivity contribution >= 4 is 0 Å². The summed E-state index contributed by atoms with van der Waals surface area (Å²) in [6, 6.07) is 21.4. The summed E-state index contributed by atoms with van der Waals surface area (Å²) in [5.74, 6) is 0. The molecule has 0 unspecified atom stereocenters. The van der Waals surface area contributed by atoms with Crippen molar-refractivity contribution in [2.24, 2.45) is 0 Å². The Morgan fingerprint density at radius 2 is 1.17 bits per heavy atom. The van der Waals surface area contributed by atoms with Gasteiger partial charge in [0.25, 0.3) is 0 Å². The molecule has 0 aromatic heterocycles. The average molecular weight is 242 g/mol. The fraction of sp³-hybridized carbons (Fsp3) is 0.250. The van der Waals surface area contributed by atoms with E-state index in [0.29, 0.717) is 0 Å². The van der Waals surface area contributed by atoms with Crippen LogP contribution in [0.4, 0.5) is 0 Å². The largest absolute Gasteiger partial charge is 0.353 e. The molecule has 0 bridgehead atoms. The molecule has 94 valence electrons. The van der Waals surface area contributed by atoms with Gasteiger partial charge in [-0.1, -0.05) is 60.7 Å². The van der Waals surface area contributed by atoms with Crippen LogP contribution in [-0.4, -0.2) is 13.1 Å². The minimum atomic E-state index is 0.981. The van der Waals surface area contributed by atoms with E-state index in [1.807, 2.05) is 0 Å². The highest BCUT2D eigenvalue weighted by molar-refractivity contribution is 5.14. The summed E-state index contributed by atoms with van der Waals surface area (Å²) < 4.78 is 0. The second-order valence-corrected chi connectivity index (χ2v) is 4.68. The van der Waals surface area contributed by atoms with Crippen LogP contribution < -0.4 is 10.6 Å². The smallest absolute Gasteiger partial charge is 0.127 e. The molecule has 0 fully saturated rings. The Labute approximate surface area is 109 Å². The van der Waals surface area contributed by atoms with Gasteiger partial charge in [0.05, 0.1) is 0 Å². The molecule has 0 saturated carbocycles. The van der Waals surface area contributed by atoms with E-state index in [9.17, 15) is 0 Å². The van der Waals surface area contributed by atoms with Crippen molar-refractivity contribution in [3.8, 4) is 0 Å². The molecular formula is C16H22N2+2. The molecule has 0 spiro atoms. The maximum absolute atomic E-state index is 3.99. The van der Waals surface area contributed by atoms with Gasteiger partial charge in [-0.3, -0.25) is 0 Å². The SMILES string of the molecule is [NH3+]CC[NH+](Cc1ccccc1)Cc1ccccc1. The maximum Gasteiger partial charge on any atom is 0.127 e. The van der Waals surface area contributed by atoms with E-state index in [1.165, 1.54) is 11.1 Å². The first kappa shape index (κ1) is 12.8. The number of quaternary nitrogens is 2. The second kappa shape index (κ2) is 6.94. The highest BCUT2D eigenvalue weighted by Gasteiger charge is 2.10. The number of rotatable bonds is 6. The topological polar surface area (TPSA) is 32.1 Å². The zero-order valence-electron chi connectivity index (χ0n) is 10.8. The monoisotopic (exact) mass is 242 g/mol. The van der Waals surface area contributed by atoms with Gasteiger partial charge in [-0.05, 0) is 0 Å². The van der Waals surface area contributed by atoms with E-state index >= 15 is 0 Å². The third-order valence-corrected chi connectivity index (χ3v) is 3.12. The molecule has 18 heavy (non-hydrogen) atoms. The lowest BCUT2D eigenvalue weighted by Crippen LogP contribution is -3.11. The second-order valence-electron chi connectivity index (χ2n) is 4.68. The van der Waals surface area contributed by atoms with E-state index in [2.05, 4.69) is 66.4 Å². The van der Waals surface area contributed by atoms with Crippen LogP contribution in [0.25, 0.3) is 0 Å². The Bertz CT molecular complexity index is 398. The Morgan fingerprint density at radius 3 is 1.56 bits per heavy atom. The average Bonchev–Trinajstić information content (AvgIpc) is 2.41. The van der Waals surface area contributed by atoms with E-state index in [4.69, 9.17) is 0 Å². The summed E-state index contributed by atoms with van der Waals surface area (Å²) >= 11 is 0. The van der Waals surface area contributed by atoms with Gasteiger partial charge in [0.2, 0.25) is 0 Å². The Hall–Kier alpha value is -1.64. The van der Waals surface area contributed by atoms with Gasteiger partial charge in [0.15, 0.2) is 0 Å². The summed E-state index contributed by atoms with van der Waals surface area (Å²) in [5, 5.41) is 0. The first-order valence-corrected chi connectivity index (χ1v) is 6.59. The predicted octanol–water partition coefficient (Wildman–Crippen LogP) is 0.514. The number of hydrogen-bond acceptors (Lipinski definition) is 0. The lowest BCUT2D eigenvalue weighted by atomic mass is 10.1. The quantitative estimate of drug-likeness (QED) is 0.740. The zero-order chi connectivity index (χ0) is 12.6. The van der Waals surface area contributed by atoms with E-state index < -0.39 is 0 Å². The van der Waals surface area contributed by atoms with Crippen LogP contribution in [0.15, 0.2) is 60.7 Å². The summed E-state index contributed by atoms with van der Waals surface area (Å²) in [6.45, 7) is 4.25. The molecular weight excluding hydrogens is 220 g/mol. The molecule has 2 aromatic rings. The lowest BCUT2D eigenvalue weighted by molar-refractivity contribution is -0.932. The van der Waals surface area contributed by atoms with Crippen LogP contribution in [0, 0.1) is 0 Å². The number of hydrogen-bond donors (Lipinski definition) is 2. The first-order valence-electron chi connectivity index (χ1n) is 6.59. The van der Waals surface area contributed by atoms with Crippen LogP contribution in [0.5, 0.6) is 0 Å². The number of benzene rings is 2. The first-order chi connectivity index (χ1) is 8.88. The summed E-state index contributed by atoms with van der Waals surface area (Å²) in [7, 11) is 0. The van der Waals surface area contributed by atoms with Gasteiger partial charge >= 0.3 is 0 Å². The van der Waals surface area contributed by atoms with Gasteiger partial charge < -0.3 is 10.6 Å². The van der Waals surface area contributed by atoms with Gasteiger partial charge in [0, 0.05) is 11.1 Å². The van der Waals surface area contributed by atoms with Crippen molar-refractivity contribution in [2.45, 2.75) is 13.1 Å². The van der Waals surface area contributed by atoms with Crippen LogP contribution in [0.2, 0.25) is 0 Å². The maximum atomic E-state index is 3.99. The molecule has 0 amide bonds. The lowest BCUT2D eigenvalue weighted by Gasteiger charge is -2.18. The minimum absolute atomic E-state index is 0.981. The third-order valence-electron chi connectivity index (χ3n) is 3.12. The highest BCUT2D eigenvalue weighted by atomic mass is 15.1. The van der Waals surface area contributed by atoms with E-state index in [0.717, 1.165) is 26.2 Å². The van der Waals surface area contributed by atoms with Gasteiger partial charge in [0.1, 0.15) is 26.2 Å². The summed E-state index contributed by atoms with van der Waals surface area (Å²) in [6.07, 6.45) is 0. The van der Waals surface area contributed by atoms with Crippen molar-refractivity contribution in [1.29, 1.82) is 0 Å². The molecule has 0 aliphatic heterocycles. The Morgan fingerprint density at radius 1 is 0.722 bits per heavy atom. The van der Waals surface area contributed by atoms with Gasteiger partial charge in [-0.15, -0.1) is 0 Å². The molecule has 0 radical (unpaired) electrons. The van der Waals surface area contributed by atoms with E-state index in [1.54, 1.807) is 4.90 Å². The molecule has 0 atom stereocenters. The Kier molecular flexibility index (Phi) is 4.94. The zero-order valence-corrected chi connectivity index (χ0v) is 10.8. The summed E-state index contributed by atoms with van der Waals surface area (Å²) in [5.41, 5.74) is 6.79. The van der Waals surface area contributed by atoms with Crippen LogP contribution >= 0.6 is 0 Å². The molecule has 2 nitrogen and oxygen atoms in total. The van der Waals surface area contributed by atoms with Crippen molar-refractivity contribution in [1.82, 2.24) is 0 Å². The Balaban J connectivity index is 2.00. The van der Waals surface area contributed by atoms with Crippen molar-refractivity contribution in [2.75, 3.05) is 13.1 Å². The fourth-order valence-corrected chi connectivity index (χ4v) is 2.26. The minimum Gasteiger partial charge on any atom is -0.353 e. The predicted molar refractivity (Wildman–Crippen MR) is 73.9 cm³/mol. The van der Waals surface area contributed by atoms with Gasteiger partial charge in [-0.25, -0.2) is 0 Å². The van der Waals surface area contributed by atoms with Crippen LogP contribution in [-0.2, 0) is 13.1 Å². The van der Waals surface area contributed by atoms with Crippen molar-refractivity contribution in [3.63, 3.8) is 0 Å². The van der Waals surface area contributed by atoms with Gasteiger partial charge in [-0.2, -0.15) is 0 Å². The van der Waals surface area contributed by atoms with Crippen molar-refractivity contribution in [3.05, 3.63) is 71.8 Å². The molecule has 0 saturated heterocycles. The molecule has 0 aliphatic rings. The normalized spacial score (nSPS) is 10.8. The van der Waals surface area contributed by atoms with Crippen molar-refractivity contribution < 1.29 is 10.6 Å². The molecule has 2 aromatic carbocycles. The van der Waals surface area contributed by atoms with Crippen LogP contribution in [0.1, 0.15) is 11.1 Å². The number of nitrogens with one attached hydrogen (secondary N) is 1. The molecule has 2 rings (SSSR count). The molecule has 0 aliphatic carbocycles. The molecule has 4 N–H and O–H groups in total. The van der Waals surface area contributed by atoms with E-state index in [-0.39, 0.29) is 0 Å². The van der Waals surface area contributed by atoms with Crippen LogP contribution in [0.3, 0.4) is 0 Å².